The molecule has 1 aromatic rings. The van der Waals surface area contributed by atoms with Crippen LogP contribution in [0, 0.1) is 5.92 Å². The van der Waals surface area contributed by atoms with Gasteiger partial charge in [0.1, 0.15) is 0 Å². The zero-order valence-corrected chi connectivity index (χ0v) is 12.0. The monoisotopic (exact) mass is 290 g/mol. The van der Waals surface area contributed by atoms with E-state index in [0.717, 1.165) is 19.5 Å². The molecule has 0 bridgehead atoms. The minimum absolute atomic E-state index is 0.00878. The Bertz CT molecular complexity index is 478. The molecule has 1 saturated heterocycles. The number of nitrogens with zero attached hydrogens (tertiary/aromatic N) is 1. The Morgan fingerprint density at radius 2 is 1.95 bits per heavy atom. The van der Waals surface area contributed by atoms with E-state index in [4.69, 9.17) is 5.73 Å². The standard InChI is InChI=1S/C15H22N4O2/c16-8-14(20)18-10-15(21)17-9-12-6-7-19(11-12)13-4-2-1-3-5-13/h1-5,12H,6-11,16H2,(H,17,21)(H,18,20). The van der Waals surface area contributed by atoms with Crippen molar-refractivity contribution in [1.29, 1.82) is 0 Å². The Morgan fingerprint density at radius 1 is 1.19 bits per heavy atom. The fraction of sp³-hybridized carbons (Fsp3) is 0.467. The molecule has 114 valence electrons. The van der Waals surface area contributed by atoms with E-state index >= 15 is 0 Å². The lowest BCUT2D eigenvalue weighted by atomic mass is 10.1. The van der Waals surface area contributed by atoms with E-state index in [1.165, 1.54) is 5.69 Å². The van der Waals surface area contributed by atoms with Crippen molar-refractivity contribution in [3.05, 3.63) is 30.3 Å². The number of carbonyl (C=O) groups excluding carboxylic acids is 2. The summed E-state index contributed by atoms with van der Waals surface area (Å²) in [5, 5.41) is 5.31. The zero-order chi connectivity index (χ0) is 15.1. The van der Waals surface area contributed by atoms with E-state index in [9.17, 15) is 9.59 Å². The van der Waals surface area contributed by atoms with Crippen LogP contribution in [0.1, 0.15) is 6.42 Å². The normalized spacial score (nSPS) is 17.6. The van der Waals surface area contributed by atoms with Crippen LogP contribution in [0.15, 0.2) is 30.3 Å². The van der Waals surface area contributed by atoms with Crippen molar-refractivity contribution < 1.29 is 9.59 Å². The van der Waals surface area contributed by atoms with E-state index in [1.807, 2.05) is 18.2 Å². The van der Waals surface area contributed by atoms with Crippen LogP contribution in [0.4, 0.5) is 5.69 Å². The first-order chi connectivity index (χ1) is 10.2. The summed E-state index contributed by atoms with van der Waals surface area (Å²) in [6, 6.07) is 10.3. The number of para-hydroxylation sites is 1. The Labute approximate surface area is 124 Å². The van der Waals surface area contributed by atoms with Crippen molar-refractivity contribution in [2.75, 3.05) is 37.6 Å². The first kappa shape index (κ1) is 15.3. The lowest BCUT2D eigenvalue weighted by Crippen LogP contribution is -2.41. The Hall–Kier alpha value is -2.08. The van der Waals surface area contributed by atoms with Gasteiger partial charge in [-0.05, 0) is 24.5 Å². The maximum Gasteiger partial charge on any atom is 0.239 e. The SMILES string of the molecule is NCC(=O)NCC(=O)NCC1CCN(c2ccccc2)C1. The minimum Gasteiger partial charge on any atom is -0.371 e. The van der Waals surface area contributed by atoms with Gasteiger partial charge >= 0.3 is 0 Å². The van der Waals surface area contributed by atoms with Crippen molar-refractivity contribution in [2.45, 2.75) is 6.42 Å². The van der Waals surface area contributed by atoms with Gasteiger partial charge in [-0.15, -0.1) is 0 Å². The second-order valence-electron chi connectivity index (χ2n) is 5.22. The van der Waals surface area contributed by atoms with Gasteiger partial charge in [-0.25, -0.2) is 0 Å². The smallest absolute Gasteiger partial charge is 0.239 e. The minimum atomic E-state index is -0.318. The molecule has 6 heteroatoms. The summed E-state index contributed by atoms with van der Waals surface area (Å²) < 4.78 is 0. The Balaban J connectivity index is 1.69. The lowest BCUT2D eigenvalue weighted by molar-refractivity contribution is -0.125. The average molecular weight is 290 g/mol. The fourth-order valence-corrected chi connectivity index (χ4v) is 2.44. The number of nitrogens with one attached hydrogen (secondary N) is 2. The third-order valence-electron chi connectivity index (χ3n) is 3.63. The summed E-state index contributed by atoms with van der Waals surface area (Å²) in [5.41, 5.74) is 6.38. The van der Waals surface area contributed by atoms with Gasteiger partial charge in [-0.2, -0.15) is 0 Å². The first-order valence-electron chi connectivity index (χ1n) is 7.22. The third-order valence-corrected chi connectivity index (χ3v) is 3.63. The maximum absolute atomic E-state index is 11.6. The molecule has 2 amide bonds. The molecule has 0 aromatic heterocycles. The second kappa shape index (κ2) is 7.64. The molecule has 2 rings (SSSR count). The quantitative estimate of drug-likeness (QED) is 0.671. The molecule has 0 saturated carbocycles. The molecule has 1 fully saturated rings. The molecule has 1 heterocycles. The molecule has 1 unspecified atom stereocenters. The van der Waals surface area contributed by atoms with Gasteiger partial charge in [0.2, 0.25) is 11.8 Å². The predicted molar refractivity (Wildman–Crippen MR) is 81.8 cm³/mol. The van der Waals surface area contributed by atoms with Gasteiger partial charge in [-0.3, -0.25) is 9.59 Å². The average Bonchev–Trinajstić information content (AvgIpc) is 3.00. The molecule has 1 aliphatic heterocycles. The van der Waals surface area contributed by atoms with Gasteiger partial charge in [0, 0.05) is 25.3 Å². The van der Waals surface area contributed by atoms with Crippen LogP contribution >= 0.6 is 0 Å². The van der Waals surface area contributed by atoms with Crippen LogP contribution in [0.3, 0.4) is 0 Å². The van der Waals surface area contributed by atoms with E-state index in [2.05, 4.69) is 27.7 Å². The molecule has 1 aromatic carbocycles. The summed E-state index contributed by atoms with van der Waals surface area (Å²) in [4.78, 5) is 24.9. The topological polar surface area (TPSA) is 87.5 Å². The zero-order valence-electron chi connectivity index (χ0n) is 12.0. The van der Waals surface area contributed by atoms with E-state index < -0.39 is 0 Å². The Morgan fingerprint density at radius 3 is 2.67 bits per heavy atom. The molecular formula is C15H22N4O2. The first-order valence-corrected chi connectivity index (χ1v) is 7.22. The predicted octanol–water partition coefficient (Wildman–Crippen LogP) is -0.296. The number of rotatable bonds is 6. The molecule has 6 nitrogen and oxygen atoms in total. The highest BCUT2D eigenvalue weighted by atomic mass is 16.2. The number of hydrogen-bond donors (Lipinski definition) is 3. The summed E-state index contributed by atoms with van der Waals surface area (Å²) >= 11 is 0. The number of anilines is 1. The van der Waals surface area contributed by atoms with Crippen molar-refractivity contribution in [1.82, 2.24) is 10.6 Å². The summed E-state index contributed by atoms with van der Waals surface area (Å²) in [5.74, 6) is -0.0457. The largest absolute Gasteiger partial charge is 0.371 e. The number of carbonyl (C=O) groups is 2. The molecule has 1 atom stereocenters. The summed E-state index contributed by atoms with van der Waals surface area (Å²) in [6.45, 7) is 2.49. The van der Waals surface area contributed by atoms with Gasteiger partial charge in [0.25, 0.3) is 0 Å². The fourth-order valence-electron chi connectivity index (χ4n) is 2.44. The number of hydrogen-bond acceptors (Lipinski definition) is 4. The van der Waals surface area contributed by atoms with E-state index in [-0.39, 0.29) is 24.9 Å². The van der Waals surface area contributed by atoms with Crippen molar-refractivity contribution >= 4 is 17.5 Å². The third kappa shape index (κ3) is 4.75. The molecule has 0 radical (unpaired) electrons. The molecule has 0 aliphatic carbocycles. The summed E-state index contributed by atoms with van der Waals surface area (Å²) in [6.07, 6.45) is 1.06. The molecule has 0 spiro atoms. The second-order valence-corrected chi connectivity index (χ2v) is 5.22. The summed E-state index contributed by atoms with van der Waals surface area (Å²) in [7, 11) is 0. The van der Waals surface area contributed by atoms with Crippen molar-refractivity contribution in [2.24, 2.45) is 11.7 Å². The highest BCUT2D eigenvalue weighted by molar-refractivity contribution is 5.85. The molecule has 21 heavy (non-hydrogen) atoms. The van der Waals surface area contributed by atoms with Crippen LogP contribution < -0.4 is 21.3 Å². The van der Waals surface area contributed by atoms with Gasteiger partial charge in [0.05, 0.1) is 13.1 Å². The van der Waals surface area contributed by atoms with Crippen LogP contribution in [0.2, 0.25) is 0 Å². The molecular weight excluding hydrogens is 268 g/mol. The van der Waals surface area contributed by atoms with Crippen molar-refractivity contribution in [3.63, 3.8) is 0 Å². The number of nitrogens with two attached hydrogens (primary N) is 1. The Kier molecular flexibility index (Phi) is 5.57. The van der Waals surface area contributed by atoms with Crippen LogP contribution in [0.25, 0.3) is 0 Å². The highest BCUT2D eigenvalue weighted by Gasteiger charge is 2.22. The molecule has 4 N–H and O–H groups in total. The van der Waals surface area contributed by atoms with E-state index in [1.54, 1.807) is 0 Å². The van der Waals surface area contributed by atoms with E-state index in [0.29, 0.717) is 12.5 Å². The van der Waals surface area contributed by atoms with Gasteiger partial charge < -0.3 is 21.3 Å². The lowest BCUT2D eigenvalue weighted by Gasteiger charge is -2.18. The number of amides is 2. The van der Waals surface area contributed by atoms with Crippen LogP contribution in [-0.4, -0.2) is 44.5 Å². The highest BCUT2D eigenvalue weighted by Crippen LogP contribution is 2.22. The molecule has 1 aliphatic rings. The maximum atomic E-state index is 11.6. The number of benzene rings is 1. The van der Waals surface area contributed by atoms with Gasteiger partial charge in [0.15, 0.2) is 0 Å². The van der Waals surface area contributed by atoms with Crippen molar-refractivity contribution in [3.8, 4) is 0 Å². The van der Waals surface area contributed by atoms with Gasteiger partial charge in [-0.1, -0.05) is 18.2 Å². The van der Waals surface area contributed by atoms with Crippen LogP contribution in [-0.2, 0) is 9.59 Å². The van der Waals surface area contributed by atoms with Crippen LogP contribution in [0.5, 0.6) is 0 Å².